The Bertz CT molecular complexity index is 312. The highest BCUT2D eigenvalue weighted by Gasteiger charge is 2.41. The molecule has 0 radical (unpaired) electrons. The largest absolute Gasteiger partial charge is 0.481 e. The third kappa shape index (κ3) is 3.98. The van der Waals surface area contributed by atoms with Crippen LogP contribution in [-0.4, -0.2) is 29.6 Å². The van der Waals surface area contributed by atoms with Gasteiger partial charge in [-0.2, -0.15) is 0 Å². The van der Waals surface area contributed by atoms with Gasteiger partial charge in [-0.05, 0) is 49.9 Å². The van der Waals surface area contributed by atoms with E-state index < -0.39 is 12.0 Å². The van der Waals surface area contributed by atoms with E-state index in [1.807, 2.05) is 0 Å². The lowest BCUT2D eigenvalue weighted by Crippen LogP contribution is -2.43. The van der Waals surface area contributed by atoms with Gasteiger partial charge in [-0.1, -0.05) is 0 Å². The molecule has 1 amide bonds. The van der Waals surface area contributed by atoms with Crippen LogP contribution in [0.5, 0.6) is 0 Å². The summed E-state index contributed by atoms with van der Waals surface area (Å²) in [5, 5.41) is 11.4. The third-order valence-corrected chi connectivity index (χ3v) is 3.97. The Hall–Kier alpha value is -1.10. The molecular weight excluding hydrogens is 232 g/mol. The van der Waals surface area contributed by atoms with Crippen molar-refractivity contribution < 1.29 is 14.7 Å². The fraction of sp³-hybridized carbons (Fsp3) is 0.846. The molecule has 2 fully saturated rings. The van der Waals surface area contributed by atoms with Crippen LogP contribution in [0.4, 0.5) is 0 Å². The Balaban J connectivity index is 1.67. The topological polar surface area (TPSA) is 92.4 Å². The summed E-state index contributed by atoms with van der Waals surface area (Å²) in [6.07, 6.45) is 5.33. The summed E-state index contributed by atoms with van der Waals surface area (Å²) in [6, 6.07) is -0.694. The van der Waals surface area contributed by atoms with Gasteiger partial charge in [-0.15, -0.1) is 0 Å². The van der Waals surface area contributed by atoms with Gasteiger partial charge in [0.25, 0.3) is 0 Å². The van der Waals surface area contributed by atoms with E-state index in [4.69, 9.17) is 10.8 Å². The second-order valence-corrected chi connectivity index (χ2v) is 5.62. The average Bonchev–Trinajstić information content (AvgIpc) is 3.16. The van der Waals surface area contributed by atoms with Crippen molar-refractivity contribution in [3.05, 3.63) is 0 Å². The van der Waals surface area contributed by atoms with E-state index in [1.165, 1.54) is 25.7 Å². The van der Waals surface area contributed by atoms with E-state index >= 15 is 0 Å². The molecule has 2 rings (SSSR count). The van der Waals surface area contributed by atoms with Crippen molar-refractivity contribution in [3.63, 3.8) is 0 Å². The first-order chi connectivity index (χ1) is 8.58. The molecular formula is C13H22N2O3. The molecule has 4 N–H and O–H groups in total. The van der Waals surface area contributed by atoms with Crippen LogP contribution < -0.4 is 11.1 Å². The normalized spacial score (nSPS) is 20.8. The molecule has 0 heterocycles. The second kappa shape index (κ2) is 5.69. The SMILES string of the molecule is NC(CCC(=O)O)C(=O)NCC(C1CC1)C1CC1. The van der Waals surface area contributed by atoms with E-state index in [0.717, 1.165) is 18.4 Å². The number of carbonyl (C=O) groups is 2. The molecule has 5 heteroatoms. The van der Waals surface area contributed by atoms with E-state index in [-0.39, 0.29) is 18.7 Å². The molecule has 0 saturated heterocycles. The van der Waals surface area contributed by atoms with Gasteiger partial charge in [0.1, 0.15) is 0 Å². The van der Waals surface area contributed by atoms with Gasteiger partial charge in [-0.3, -0.25) is 9.59 Å². The molecule has 1 atom stereocenters. The molecule has 2 aliphatic carbocycles. The zero-order valence-corrected chi connectivity index (χ0v) is 10.6. The molecule has 0 aromatic carbocycles. The number of amides is 1. The van der Waals surface area contributed by atoms with Crippen LogP contribution in [0.3, 0.4) is 0 Å². The molecule has 0 aromatic rings. The van der Waals surface area contributed by atoms with Gasteiger partial charge in [-0.25, -0.2) is 0 Å². The van der Waals surface area contributed by atoms with Crippen LogP contribution in [0.2, 0.25) is 0 Å². The Kier molecular flexibility index (Phi) is 4.22. The number of carbonyl (C=O) groups excluding carboxylic acids is 1. The smallest absolute Gasteiger partial charge is 0.303 e. The number of aliphatic carboxylic acids is 1. The first-order valence-corrected chi connectivity index (χ1v) is 6.83. The number of carboxylic acid groups (broad SMARTS) is 1. The van der Waals surface area contributed by atoms with Gasteiger partial charge in [0, 0.05) is 13.0 Å². The van der Waals surface area contributed by atoms with Crippen LogP contribution in [0.25, 0.3) is 0 Å². The quantitative estimate of drug-likeness (QED) is 0.595. The van der Waals surface area contributed by atoms with E-state index in [1.54, 1.807) is 0 Å². The maximum absolute atomic E-state index is 11.7. The minimum Gasteiger partial charge on any atom is -0.481 e. The van der Waals surface area contributed by atoms with Gasteiger partial charge >= 0.3 is 5.97 Å². The van der Waals surface area contributed by atoms with Crippen LogP contribution in [0, 0.1) is 17.8 Å². The van der Waals surface area contributed by atoms with Gasteiger partial charge in [0.2, 0.25) is 5.91 Å². The molecule has 102 valence electrons. The first kappa shape index (κ1) is 13.3. The third-order valence-electron chi connectivity index (χ3n) is 3.97. The summed E-state index contributed by atoms with van der Waals surface area (Å²) < 4.78 is 0. The Morgan fingerprint density at radius 2 is 1.78 bits per heavy atom. The molecule has 0 aliphatic heterocycles. The lowest BCUT2D eigenvalue weighted by Gasteiger charge is -2.18. The zero-order valence-electron chi connectivity index (χ0n) is 10.6. The molecule has 0 spiro atoms. The van der Waals surface area contributed by atoms with Crippen LogP contribution in [0.15, 0.2) is 0 Å². The highest BCUT2D eigenvalue weighted by molar-refractivity contribution is 5.82. The number of carboxylic acids is 1. The molecule has 5 nitrogen and oxygen atoms in total. The fourth-order valence-electron chi connectivity index (χ4n) is 2.53. The zero-order chi connectivity index (χ0) is 13.1. The molecule has 2 saturated carbocycles. The molecule has 18 heavy (non-hydrogen) atoms. The molecule has 2 aliphatic rings. The van der Waals surface area contributed by atoms with Crippen LogP contribution >= 0.6 is 0 Å². The molecule has 0 bridgehead atoms. The van der Waals surface area contributed by atoms with Crippen molar-refractivity contribution in [3.8, 4) is 0 Å². The Morgan fingerprint density at radius 1 is 1.22 bits per heavy atom. The number of nitrogens with two attached hydrogens (primary N) is 1. The summed E-state index contributed by atoms with van der Waals surface area (Å²) in [5.74, 6) is 1.11. The van der Waals surface area contributed by atoms with Crippen LogP contribution in [-0.2, 0) is 9.59 Å². The first-order valence-electron chi connectivity index (χ1n) is 6.83. The maximum atomic E-state index is 11.7. The van der Waals surface area contributed by atoms with E-state index in [2.05, 4.69) is 5.32 Å². The summed E-state index contributed by atoms with van der Waals surface area (Å²) in [5.41, 5.74) is 5.66. The van der Waals surface area contributed by atoms with Crippen LogP contribution in [0.1, 0.15) is 38.5 Å². The Morgan fingerprint density at radius 3 is 2.22 bits per heavy atom. The highest BCUT2D eigenvalue weighted by atomic mass is 16.4. The molecule has 0 aromatic heterocycles. The predicted octanol–water partition coefficient (Wildman–Crippen LogP) is 0.731. The van der Waals surface area contributed by atoms with Gasteiger partial charge < -0.3 is 16.2 Å². The summed E-state index contributed by atoms with van der Waals surface area (Å²) in [4.78, 5) is 22.1. The van der Waals surface area contributed by atoms with Crippen molar-refractivity contribution >= 4 is 11.9 Å². The van der Waals surface area contributed by atoms with E-state index in [0.29, 0.717) is 5.92 Å². The van der Waals surface area contributed by atoms with Gasteiger partial charge in [0.05, 0.1) is 6.04 Å². The van der Waals surface area contributed by atoms with Crippen molar-refractivity contribution in [1.29, 1.82) is 0 Å². The number of nitrogens with one attached hydrogen (secondary N) is 1. The van der Waals surface area contributed by atoms with Crippen molar-refractivity contribution in [2.45, 2.75) is 44.6 Å². The summed E-state index contributed by atoms with van der Waals surface area (Å²) in [7, 11) is 0. The average molecular weight is 254 g/mol. The second-order valence-electron chi connectivity index (χ2n) is 5.62. The lowest BCUT2D eigenvalue weighted by molar-refractivity contribution is -0.137. The number of rotatable bonds is 8. The fourth-order valence-corrected chi connectivity index (χ4v) is 2.53. The highest BCUT2D eigenvalue weighted by Crippen LogP contribution is 2.48. The van der Waals surface area contributed by atoms with Crippen molar-refractivity contribution in [2.75, 3.05) is 6.54 Å². The molecule has 1 unspecified atom stereocenters. The predicted molar refractivity (Wildman–Crippen MR) is 66.8 cm³/mol. The summed E-state index contributed by atoms with van der Waals surface area (Å²) >= 11 is 0. The maximum Gasteiger partial charge on any atom is 0.303 e. The minimum absolute atomic E-state index is 0.0523. The number of hydrogen-bond donors (Lipinski definition) is 3. The lowest BCUT2D eigenvalue weighted by atomic mass is 9.98. The van der Waals surface area contributed by atoms with Gasteiger partial charge in [0.15, 0.2) is 0 Å². The standard InChI is InChI=1S/C13H22N2O3/c14-11(5-6-12(16)17)13(18)15-7-10(8-1-2-8)9-3-4-9/h8-11H,1-7,14H2,(H,15,18)(H,16,17). The van der Waals surface area contributed by atoms with E-state index in [9.17, 15) is 9.59 Å². The Labute approximate surface area is 107 Å². The summed E-state index contributed by atoms with van der Waals surface area (Å²) in [6.45, 7) is 0.717. The minimum atomic E-state index is -0.910. The van der Waals surface area contributed by atoms with Crippen molar-refractivity contribution in [2.24, 2.45) is 23.5 Å². The van der Waals surface area contributed by atoms with Crippen molar-refractivity contribution in [1.82, 2.24) is 5.32 Å². The monoisotopic (exact) mass is 254 g/mol. The number of hydrogen-bond acceptors (Lipinski definition) is 3.